The fraction of sp³-hybridized carbons (Fsp3) is 0.375. The number of amides is 2. The van der Waals surface area contributed by atoms with Crippen LogP contribution in [0, 0.1) is 23.2 Å². The van der Waals surface area contributed by atoms with Gasteiger partial charge in [-0.1, -0.05) is 44.2 Å². The van der Waals surface area contributed by atoms with Crippen molar-refractivity contribution in [1.29, 1.82) is 5.26 Å². The minimum Gasteiger partial charge on any atom is -0.326 e. The van der Waals surface area contributed by atoms with E-state index in [0.29, 0.717) is 42.9 Å². The molecule has 29 heavy (non-hydrogen) atoms. The first-order chi connectivity index (χ1) is 14.0. The van der Waals surface area contributed by atoms with Gasteiger partial charge in [0.05, 0.1) is 11.3 Å². The van der Waals surface area contributed by atoms with Gasteiger partial charge >= 0.3 is 0 Å². The number of carbonyl (C=O) groups is 2. The topological polar surface area (TPSA) is 82.0 Å². The van der Waals surface area contributed by atoms with Crippen molar-refractivity contribution in [2.24, 2.45) is 11.8 Å². The number of hydrogen-bond donors (Lipinski definition) is 2. The van der Waals surface area contributed by atoms with E-state index >= 15 is 0 Å². The molecule has 0 unspecified atom stereocenters. The van der Waals surface area contributed by atoms with E-state index in [9.17, 15) is 9.59 Å². The molecule has 3 rings (SSSR count). The predicted octanol–water partition coefficient (Wildman–Crippen LogP) is 5.07. The zero-order valence-electron chi connectivity index (χ0n) is 16.9. The van der Waals surface area contributed by atoms with Gasteiger partial charge in [0, 0.05) is 17.5 Å². The SMILES string of the molecule is CC(C)c1ccccc1NC(=O)C1CCC(C(=O)Nc2ccccc2C#N)CC1. The van der Waals surface area contributed by atoms with Gasteiger partial charge in [-0.2, -0.15) is 5.26 Å². The second-order valence-corrected chi connectivity index (χ2v) is 7.93. The monoisotopic (exact) mass is 389 g/mol. The largest absolute Gasteiger partial charge is 0.326 e. The summed E-state index contributed by atoms with van der Waals surface area (Å²) >= 11 is 0. The van der Waals surface area contributed by atoms with Crippen LogP contribution >= 0.6 is 0 Å². The minimum absolute atomic E-state index is 0.0341. The zero-order valence-corrected chi connectivity index (χ0v) is 16.9. The molecule has 1 aliphatic rings. The number of nitrogens with one attached hydrogen (secondary N) is 2. The highest BCUT2D eigenvalue weighted by Crippen LogP contribution is 2.32. The van der Waals surface area contributed by atoms with Crippen molar-refractivity contribution in [3.8, 4) is 6.07 Å². The standard InChI is InChI=1S/C24H27N3O2/c1-16(2)20-8-4-6-10-22(20)27-24(29)18-13-11-17(12-14-18)23(28)26-21-9-5-3-7-19(21)15-25/h3-10,16-18H,11-14H2,1-2H3,(H,26,28)(H,27,29). The first-order valence-electron chi connectivity index (χ1n) is 10.2. The molecule has 2 amide bonds. The van der Waals surface area contributed by atoms with Crippen LogP contribution in [0.15, 0.2) is 48.5 Å². The molecule has 0 aromatic heterocycles. The Morgan fingerprint density at radius 1 is 0.862 bits per heavy atom. The highest BCUT2D eigenvalue weighted by atomic mass is 16.2. The van der Waals surface area contributed by atoms with Crippen molar-refractivity contribution in [3.63, 3.8) is 0 Å². The molecular weight excluding hydrogens is 362 g/mol. The smallest absolute Gasteiger partial charge is 0.227 e. The van der Waals surface area contributed by atoms with Gasteiger partial charge in [0.2, 0.25) is 11.8 Å². The number of hydrogen-bond acceptors (Lipinski definition) is 3. The number of benzene rings is 2. The summed E-state index contributed by atoms with van der Waals surface area (Å²) < 4.78 is 0. The molecule has 1 fully saturated rings. The van der Waals surface area contributed by atoms with Crippen molar-refractivity contribution < 1.29 is 9.59 Å². The van der Waals surface area contributed by atoms with Gasteiger partial charge in [0.15, 0.2) is 0 Å². The molecule has 0 radical (unpaired) electrons. The lowest BCUT2D eigenvalue weighted by Crippen LogP contribution is -2.32. The molecule has 150 valence electrons. The molecule has 0 saturated heterocycles. The van der Waals surface area contributed by atoms with Crippen molar-refractivity contribution in [2.45, 2.75) is 45.4 Å². The third-order valence-corrected chi connectivity index (χ3v) is 5.61. The van der Waals surface area contributed by atoms with Gasteiger partial charge in [-0.15, -0.1) is 0 Å². The molecule has 0 heterocycles. The molecule has 1 saturated carbocycles. The van der Waals surface area contributed by atoms with E-state index < -0.39 is 0 Å². The summed E-state index contributed by atoms with van der Waals surface area (Å²) in [6, 6.07) is 17.0. The van der Waals surface area contributed by atoms with Crippen LogP contribution in [-0.2, 0) is 9.59 Å². The third kappa shape index (κ3) is 5.03. The summed E-state index contributed by atoms with van der Waals surface area (Å²) in [5.74, 6) is 0.0881. The average Bonchev–Trinajstić information content (AvgIpc) is 2.74. The summed E-state index contributed by atoms with van der Waals surface area (Å²) in [5, 5.41) is 15.1. The van der Waals surface area contributed by atoms with Crippen LogP contribution in [0.25, 0.3) is 0 Å². The number of nitriles is 1. The number of carbonyl (C=O) groups excluding carboxylic acids is 2. The summed E-state index contributed by atoms with van der Waals surface area (Å²) in [7, 11) is 0. The maximum absolute atomic E-state index is 12.7. The molecular formula is C24H27N3O2. The Kier molecular flexibility index (Phi) is 6.66. The fourth-order valence-corrected chi connectivity index (χ4v) is 3.89. The summed E-state index contributed by atoms with van der Waals surface area (Å²) in [4.78, 5) is 25.3. The highest BCUT2D eigenvalue weighted by Gasteiger charge is 2.30. The van der Waals surface area contributed by atoms with Crippen molar-refractivity contribution >= 4 is 23.2 Å². The van der Waals surface area contributed by atoms with Crippen LogP contribution in [0.3, 0.4) is 0 Å². The summed E-state index contributed by atoms with van der Waals surface area (Å²) in [5.41, 5.74) is 3.01. The normalized spacial score (nSPS) is 18.7. The lowest BCUT2D eigenvalue weighted by molar-refractivity contribution is -0.125. The quantitative estimate of drug-likeness (QED) is 0.749. The highest BCUT2D eigenvalue weighted by molar-refractivity contribution is 5.95. The number of rotatable bonds is 5. The molecule has 2 N–H and O–H groups in total. The van der Waals surface area contributed by atoms with Crippen molar-refractivity contribution in [2.75, 3.05) is 10.6 Å². The average molecular weight is 389 g/mol. The van der Waals surface area contributed by atoms with Crippen LogP contribution in [0.2, 0.25) is 0 Å². The van der Waals surface area contributed by atoms with Crippen LogP contribution in [0.5, 0.6) is 0 Å². The molecule has 2 aromatic rings. The third-order valence-electron chi connectivity index (χ3n) is 5.61. The Balaban J connectivity index is 1.56. The summed E-state index contributed by atoms with van der Waals surface area (Å²) in [6.45, 7) is 4.22. The molecule has 1 aliphatic carbocycles. The van der Waals surface area contributed by atoms with Gasteiger partial charge < -0.3 is 10.6 Å². The van der Waals surface area contributed by atoms with E-state index in [1.807, 2.05) is 24.3 Å². The van der Waals surface area contributed by atoms with Gasteiger partial charge in [-0.25, -0.2) is 0 Å². The van der Waals surface area contributed by atoms with Gasteiger partial charge in [0.25, 0.3) is 0 Å². The van der Waals surface area contributed by atoms with E-state index in [4.69, 9.17) is 5.26 Å². The van der Waals surface area contributed by atoms with Crippen LogP contribution in [0.4, 0.5) is 11.4 Å². The second-order valence-electron chi connectivity index (χ2n) is 7.93. The van der Waals surface area contributed by atoms with Gasteiger partial charge in [0.1, 0.15) is 6.07 Å². The molecule has 5 nitrogen and oxygen atoms in total. The van der Waals surface area contributed by atoms with Crippen LogP contribution < -0.4 is 10.6 Å². The Morgan fingerprint density at radius 3 is 1.90 bits per heavy atom. The van der Waals surface area contributed by atoms with Crippen molar-refractivity contribution in [3.05, 3.63) is 59.7 Å². The number of para-hydroxylation sites is 2. The van der Waals surface area contributed by atoms with Gasteiger partial charge in [-0.05, 0) is 55.4 Å². The van der Waals surface area contributed by atoms with Crippen molar-refractivity contribution in [1.82, 2.24) is 0 Å². The first-order valence-corrected chi connectivity index (χ1v) is 10.2. The van der Waals surface area contributed by atoms with Gasteiger partial charge in [-0.3, -0.25) is 9.59 Å². The zero-order chi connectivity index (χ0) is 20.8. The van der Waals surface area contributed by atoms with Crippen LogP contribution in [0.1, 0.15) is 56.6 Å². The fourth-order valence-electron chi connectivity index (χ4n) is 3.89. The Morgan fingerprint density at radius 2 is 1.34 bits per heavy atom. The van der Waals surface area contributed by atoms with Crippen LogP contribution in [-0.4, -0.2) is 11.8 Å². The van der Waals surface area contributed by atoms with E-state index in [0.717, 1.165) is 11.3 Å². The number of nitrogens with zero attached hydrogens (tertiary/aromatic N) is 1. The first kappa shape index (κ1) is 20.6. The molecule has 2 aromatic carbocycles. The maximum atomic E-state index is 12.7. The molecule has 0 aliphatic heterocycles. The van der Waals surface area contributed by atoms with E-state index in [1.54, 1.807) is 24.3 Å². The predicted molar refractivity (Wildman–Crippen MR) is 114 cm³/mol. The summed E-state index contributed by atoms with van der Waals surface area (Å²) in [6.07, 6.45) is 2.72. The lowest BCUT2D eigenvalue weighted by Gasteiger charge is -2.27. The Bertz CT molecular complexity index is 922. The number of anilines is 2. The Hall–Kier alpha value is -3.13. The van der Waals surface area contributed by atoms with E-state index in [2.05, 4.69) is 30.6 Å². The molecule has 0 spiro atoms. The molecule has 0 bridgehead atoms. The van der Waals surface area contributed by atoms with E-state index in [1.165, 1.54) is 0 Å². The molecule has 0 atom stereocenters. The molecule has 5 heteroatoms. The van der Waals surface area contributed by atoms with E-state index in [-0.39, 0.29) is 23.7 Å². The second kappa shape index (κ2) is 9.38. The minimum atomic E-state index is -0.131. The maximum Gasteiger partial charge on any atom is 0.227 e. The Labute approximate surface area is 172 Å². The lowest BCUT2D eigenvalue weighted by atomic mass is 9.81.